The van der Waals surface area contributed by atoms with Crippen molar-refractivity contribution in [1.82, 2.24) is 15.4 Å². The molecule has 1 aromatic carbocycles. The molecule has 1 aliphatic rings. The second kappa shape index (κ2) is 7.63. The fourth-order valence-electron chi connectivity index (χ4n) is 2.91. The van der Waals surface area contributed by atoms with Gasteiger partial charge in [-0.2, -0.15) is 0 Å². The van der Waals surface area contributed by atoms with E-state index in [1.165, 1.54) is 12.1 Å². The largest absolute Gasteiger partial charge is 0.360 e. The van der Waals surface area contributed by atoms with Gasteiger partial charge in [0.2, 0.25) is 11.8 Å². The fraction of sp³-hybridized carbons (Fsp3) is 0.316. The Hall–Kier alpha value is -3.49. The van der Waals surface area contributed by atoms with Gasteiger partial charge < -0.3 is 15.2 Å². The number of aryl methyl sites for hydroxylation is 1. The van der Waals surface area contributed by atoms with Gasteiger partial charge in [-0.1, -0.05) is 31.1 Å². The first-order chi connectivity index (χ1) is 13.3. The molecule has 1 atom stereocenters. The van der Waals surface area contributed by atoms with Crippen LogP contribution in [0.4, 0.5) is 5.82 Å². The minimum atomic E-state index is -0.875. The molecule has 0 saturated carbocycles. The summed E-state index contributed by atoms with van der Waals surface area (Å²) in [7, 11) is 0. The zero-order valence-electron chi connectivity index (χ0n) is 15.7. The second-order valence-corrected chi connectivity index (χ2v) is 6.84. The van der Waals surface area contributed by atoms with Crippen LogP contribution >= 0.6 is 0 Å². The summed E-state index contributed by atoms with van der Waals surface area (Å²) in [6, 6.07) is 7.06. The van der Waals surface area contributed by atoms with Crippen molar-refractivity contribution in [2.24, 2.45) is 5.92 Å². The second-order valence-electron chi connectivity index (χ2n) is 6.84. The van der Waals surface area contributed by atoms with Crippen molar-refractivity contribution in [3.05, 3.63) is 47.2 Å². The fourth-order valence-corrected chi connectivity index (χ4v) is 2.91. The molecule has 28 heavy (non-hydrogen) atoms. The van der Waals surface area contributed by atoms with Crippen LogP contribution in [-0.4, -0.2) is 46.3 Å². The monoisotopic (exact) mass is 384 g/mol. The Balaban J connectivity index is 1.66. The predicted molar refractivity (Wildman–Crippen MR) is 98.4 cm³/mol. The van der Waals surface area contributed by atoms with E-state index in [0.717, 1.165) is 4.90 Å². The molecular weight excluding hydrogens is 364 g/mol. The first-order valence-electron chi connectivity index (χ1n) is 8.76. The van der Waals surface area contributed by atoms with Gasteiger partial charge in [0.25, 0.3) is 11.8 Å². The highest BCUT2D eigenvalue weighted by atomic mass is 16.5. The Morgan fingerprint density at radius 3 is 2.25 bits per heavy atom. The minimum Gasteiger partial charge on any atom is -0.360 e. The number of rotatable bonds is 6. The number of hydrogen-bond donors (Lipinski definition) is 2. The maximum atomic E-state index is 12.5. The molecule has 0 radical (unpaired) electrons. The average Bonchev–Trinajstić information content (AvgIpc) is 3.16. The smallest absolute Gasteiger partial charge is 0.262 e. The number of fused-ring (bicyclic) bond motifs is 1. The molecule has 2 aromatic rings. The summed E-state index contributed by atoms with van der Waals surface area (Å²) in [6.45, 7) is 4.75. The molecular formula is C19H20N4O5. The predicted octanol–water partition coefficient (Wildman–Crippen LogP) is 1.36. The number of hydrogen-bond acceptors (Lipinski definition) is 6. The molecule has 9 heteroatoms. The number of carbonyl (C=O) groups is 4. The zero-order chi connectivity index (χ0) is 20.4. The summed E-state index contributed by atoms with van der Waals surface area (Å²) in [5.74, 6) is -1.61. The van der Waals surface area contributed by atoms with Gasteiger partial charge in [0, 0.05) is 6.07 Å². The molecule has 0 spiro atoms. The van der Waals surface area contributed by atoms with E-state index >= 15 is 0 Å². The van der Waals surface area contributed by atoms with E-state index in [0.29, 0.717) is 5.76 Å². The van der Waals surface area contributed by atoms with E-state index in [2.05, 4.69) is 15.8 Å². The normalized spacial score (nSPS) is 14.2. The van der Waals surface area contributed by atoms with Crippen LogP contribution in [-0.2, 0) is 9.59 Å². The van der Waals surface area contributed by atoms with Crippen molar-refractivity contribution in [1.29, 1.82) is 0 Å². The lowest BCUT2D eigenvalue weighted by Crippen LogP contribution is -2.50. The van der Waals surface area contributed by atoms with Crippen molar-refractivity contribution in [3.8, 4) is 0 Å². The molecule has 1 aromatic heterocycles. The van der Waals surface area contributed by atoms with Gasteiger partial charge in [-0.3, -0.25) is 24.1 Å². The van der Waals surface area contributed by atoms with Gasteiger partial charge in [-0.25, -0.2) is 0 Å². The molecule has 0 fully saturated rings. The molecule has 4 amide bonds. The summed E-state index contributed by atoms with van der Waals surface area (Å²) in [6.07, 6.45) is 0. The molecule has 1 aliphatic heterocycles. The molecule has 2 N–H and O–H groups in total. The number of nitrogens with one attached hydrogen (secondary N) is 2. The lowest BCUT2D eigenvalue weighted by Gasteiger charge is -2.22. The highest BCUT2D eigenvalue weighted by molar-refractivity contribution is 6.22. The van der Waals surface area contributed by atoms with Crippen molar-refractivity contribution >= 4 is 29.4 Å². The van der Waals surface area contributed by atoms with Gasteiger partial charge >= 0.3 is 0 Å². The number of aromatic nitrogens is 1. The molecule has 0 aliphatic carbocycles. The number of anilines is 1. The van der Waals surface area contributed by atoms with Gasteiger partial charge in [-0.05, 0) is 25.0 Å². The van der Waals surface area contributed by atoms with E-state index in [4.69, 9.17) is 4.52 Å². The Bertz CT molecular complexity index is 914. The van der Waals surface area contributed by atoms with Crippen LogP contribution in [0.5, 0.6) is 0 Å². The third kappa shape index (κ3) is 3.78. The number of nitrogens with zero attached hydrogens (tertiary/aromatic N) is 2. The van der Waals surface area contributed by atoms with Crippen LogP contribution < -0.4 is 10.6 Å². The maximum Gasteiger partial charge on any atom is 0.262 e. The van der Waals surface area contributed by atoms with Crippen LogP contribution in [0.25, 0.3) is 0 Å². The van der Waals surface area contributed by atoms with E-state index in [-0.39, 0.29) is 22.9 Å². The lowest BCUT2D eigenvalue weighted by atomic mass is 10.0. The molecule has 0 bridgehead atoms. The van der Waals surface area contributed by atoms with Crippen molar-refractivity contribution in [2.45, 2.75) is 26.8 Å². The standard InChI is InChI=1S/C19H20N4O5/c1-10(2)16(17(25)20-14-8-11(3)28-22-14)21-15(24)9-23-18(26)12-6-4-5-7-13(12)19(23)27/h4-8,10,16H,9H2,1-3H3,(H,21,24)(H,20,22,25)/t16-/m0/s1. The summed E-state index contributed by atoms with van der Waals surface area (Å²) >= 11 is 0. The highest BCUT2D eigenvalue weighted by Crippen LogP contribution is 2.22. The Kier molecular flexibility index (Phi) is 5.25. The first-order valence-corrected chi connectivity index (χ1v) is 8.76. The number of imide groups is 1. The SMILES string of the molecule is Cc1cc(NC(=O)[C@@H](NC(=O)CN2C(=O)c3ccccc3C2=O)C(C)C)no1. The summed E-state index contributed by atoms with van der Waals surface area (Å²) in [4.78, 5) is 50.5. The number of amides is 4. The molecule has 3 rings (SSSR count). The Morgan fingerprint density at radius 1 is 1.14 bits per heavy atom. The molecule has 0 unspecified atom stereocenters. The number of carbonyl (C=O) groups excluding carboxylic acids is 4. The zero-order valence-corrected chi connectivity index (χ0v) is 15.7. The van der Waals surface area contributed by atoms with E-state index in [1.54, 1.807) is 39.0 Å². The Morgan fingerprint density at radius 2 is 1.75 bits per heavy atom. The molecule has 146 valence electrons. The molecule has 2 heterocycles. The number of benzene rings is 1. The highest BCUT2D eigenvalue weighted by Gasteiger charge is 2.37. The van der Waals surface area contributed by atoms with Gasteiger partial charge in [0.15, 0.2) is 5.82 Å². The van der Waals surface area contributed by atoms with Crippen LogP contribution in [0.2, 0.25) is 0 Å². The van der Waals surface area contributed by atoms with E-state index < -0.39 is 36.2 Å². The third-order valence-electron chi connectivity index (χ3n) is 4.32. The minimum absolute atomic E-state index is 0.237. The first kappa shape index (κ1) is 19.3. The maximum absolute atomic E-state index is 12.5. The van der Waals surface area contributed by atoms with Crippen LogP contribution in [0.3, 0.4) is 0 Å². The summed E-state index contributed by atoms with van der Waals surface area (Å²) < 4.78 is 4.90. The summed E-state index contributed by atoms with van der Waals surface area (Å²) in [5.41, 5.74) is 0.528. The molecule has 9 nitrogen and oxygen atoms in total. The van der Waals surface area contributed by atoms with Crippen LogP contribution in [0.15, 0.2) is 34.9 Å². The third-order valence-corrected chi connectivity index (χ3v) is 4.32. The van der Waals surface area contributed by atoms with E-state index in [1.807, 2.05) is 0 Å². The average molecular weight is 384 g/mol. The topological polar surface area (TPSA) is 122 Å². The van der Waals surface area contributed by atoms with Gasteiger partial charge in [0.1, 0.15) is 18.3 Å². The Labute approximate surface area is 161 Å². The van der Waals surface area contributed by atoms with Gasteiger partial charge in [-0.15, -0.1) is 0 Å². The lowest BCUT2D eigenvalue weighted by molar-refractivity contribution is -0.127. The van der Waals surface area contributed by atoms with Gasteiger partial charge in [0.05, 0.1) is 11.1 Å². The van der Waals surface area contributed by atoms with Crippen LogP contribution in [0, 0.1) is 12.8 Å². The van der Waals surface area contributed by atoms with Crippen molar-refractivity contribution in [2.75, 3.05) is 11.9 Å². The van der Waals surface area contributed by atoms with Crippen molar-refractivity contribution < 1.29 is 23.7 Å². The van der Waals surface area contributed by atoms with Crippen LogP contribution in [0.1, 0.15) is 40.3 Å². The van der Waals surface area contributed by atoms with Crippen molar-refractivity contribution in [3.63, 3.8) is 0 Å². The molecule has 0 saturated heterocycles. The quantitative estimate of drug-likeness (QED) is 0.725. The summed E-state index contributed by atoms with van der Waals surface area (Å²) in [5, 5.41) is 8.84. The van der Waals surface area contributed by atoms with E-state index in [9.17, 15) is 19.2 Å².